The molecule has 1 saturated heterocycles. The Balaban J connectivity index is 1.33. The summed E-state index contributed by atoms with van der Waals surface area (Å²) >= 11 is 0. The lowest BCUT2D eigenvalue weighted by Gasteiger charge is -2.31. The number of piperidine rings is 1. The van der Waals surface area contributed by atoms with Gasteiger partial charge in [-0.15, -0.1) is 10.2 Å². The Morgan fingerprint density at radius 1 is 1.13 bits per heavy atom. The van der Waals surface area contributed by atoms with Crippen LogP contribution in [0.25, 0.3) is 11.3 Å². The van der Waals surface area contributed by atoms with Gasteiger partial charge in [0, 0.05) is 30.6 Å². The molecule has 0 spiro atoms. The lowest BCUT2D eigenvalue weighted by Crippen LogP contribution is -2.39. The van der Waals surface area contributed by atoms with Crippen molar-refractivity contribution in [3.8, 4) is 11.3 Å². The quantitative estimate of drug-likeness (QED) is 0.590. The van der Waals surface area contributed by atoms with Crippen LogP contribution in [-0.4, -0.2) is 38.7 Å². The maximum Gasteiger partial charge on any atom is 0.416 e. The smallest absolute Gasteiger partial charge is 0.416 e. The maximum absolute atomic E-state index is 13.0. The van der Waals surface area contributed by atoms with Crippen molar-refractivity contribution < 1.29 is 22.4 Å². The Hall–Kier alpha value is -3.10. The van der Waals surface area contributed by atoms with Crippen LogP contribution < -0.4 is 0 Å². The number of hydrogen-bond donors (Lipinski definition) is 0. The first-order valence-corrected chi connectivity index (χ1v) is 10.4. The normalized spacial score (nSPS) is 19.6. The highest BCUT2D eigenvalue weighted by Gasteiger charge is 2.34. The fraction of sp³-hybridized carbons (Fsp3) is 0.409. The van der Waals surface area contributed by atoms with E-state index in [1.165, 1.54) is 24.3 Å². The molecule has 0 radical (unpaired) electrons. The minimum Gasteiger partial charge on any atom is -0.451 e. The highest BCUT2D eigenvalue weighted by molar-refractivity contribution is 5.92. The SMILES string of the molecule is O=C(c1ccc(-c2cccc(C(F)(F)F)c2)o1)N1CCCC(c2nncn2C2CC2)C1. The topological polar surface area (TPSA) is 64.2 Å². The van der Waals surface area contributed by atoms with E-state index in [0.717, 1.165) is 43.6 Å². The summed E-state index contributed by atoms with van der Waals surface area (Å²) in [5.41, 5.74) is -0.476. The summed E-state index contributed by atoms with van der Waals surface area (Å²) in [5, 5.41) is 8.36. The zero-order chi connectivity index (χ0) is 21.6. The summed E-state index contributed by atoms with van der Waals surface area (Å²) in [6, 6.07) is 8.41. The van der Waals surface area contributed by atoms with Gasteiger partial charge in [0.25, 0.3) is 5.91 Å². The molecule has 3 heterocycles. The average molecular weight is 430 g/mol. The summed E-state index contributed by atoms with van der Waals surface area (Å²) in [7, 11) is 0. The Bertz CT molecular complexity index is 1100. The molecule has 2 fully saturated rings. The molecule has 1 aliphatic carbocycles. The van der Waals surface area contributed by atoms with Crippen molar-refractivity contribution in [3.63, 3.8) is 0 Å². The summed E-state index contributed by atoms with van der Waals surface area (Å²) in [6.07, 6.45) is 1.36. The number of benzene rings is 1. The monoisotopic (exact) mass is 430 g/mol. The fourth-order valence-corrected chi connectivity index (χ4v) is 4.16. The van der Waals surface area contributed by atoms with E-state index in [1.54, 1.807) is 11.2 Å². The van der Waals surface area contributed by atoms with Crippen molar-refractivity contribution in [1.82, 2.24) is 19.7 Å². The zero-order valence-corrected chi connectivity index (χ0v) is 16.7. The molecule has 1 atom stereocenters. The van der Waals surface area contributed by atoms with Gasteiger partial charge in [0.2, 0.25) is 0 Å². The number of hydrogen-bond acceptors (Lipinski definition) is 4. The molecule has 5 rings (SSSR count). The molecule has 0 bridgehead atoms. The predicted octanol–water partition coefficient (Wildman–Crippen LogP) is 4.91. The summed E-state index contributed by atoms with van der Waals surface area (Å²) in [5.74, 6) is 1.12. The number of carbonyl (C=O) groups excluding carboxylic acids is 1. The van der Waals surface area contributed by atoms with Gasteiger partial charge in [-0.2, -0.15) is 13.2 Å². The van der Waals surface area contributed by atoms with Gasteiger partial charge in [0.05, 0.1) is 5.56 Å². The number of aromatic nitrogens is 3. The van der Waals surface area contributed by atoms with Crippen molar-refractivity contribution >= 4 is 5.91 Å². The molecule has 1 aromatic carbocycles. The summed E-state index contributed by atoms with van der Waals surface area (Å²) in [6.45, 7) is 1.12. The molecular weight excluding hydrogens is 409 g/mol. The third kappa shape index (κ3) is 3.96. The van der Waals surface area contributed by atoms with Gasteiger partial charge in [-0.25, -0.2) is 0 Å². The van der Waals surface area contributed by atoms with Crippen LogP contribution in [0.5, 0.6) is 0 Å². The summed E-state index contributed by atoms with van der Waals surface area (Å²) < 4.78 is 46.8. The van der Waals surface area contributed by atoms with E-state index in [4.69, 9.17) is 4.42 Å². The van der Waals surface area contributed by atoms with Crippen LogP contribution in [-0.2, 0) is 6.18 Å². The lowest BCUT2D eigenvalue weighted by molar-refractivity contribution is -0.137. The number of amides is 1. The first-order valence-electron chi connectivity index (χ1n) is 10.4. The largest absolute Gasteiger partial charge is 0.451 e. The number of halogens is 3. The Kier molecular flexibility index (Phi) is 4.83. The zero-order valence-electron chi connectivity index (χ0n) is 16.7. The number of nitrogens with zero attached hydrogens (tertiary/aromatic N) is 4. The number of alkyl halides is 3. The Morgan fingerprint density at radius 2 is 1.97 bits per heavy atom. The molecule has 1 unspecified atom stereocenters. The van der Waals surface area contributed by atoms with Crippen LogP contribution >= 0.6 is 0 Å². The molecule has 0 N–H and O–H groups in total. The van der Waals surface area contributed by atoms with Crippen molar-refractivity contribution in [1.29, 1.82) is 0 Å². The van der Waals surface area contributed by atoms with E-state index < -0.39 is 11.7 Å². The van der Waals surface area contributed by atoms with Crippen LogP contribution in [0.3, 0.4) is 0 Å². The predicted molar refractivity (Wildman–Crippen MR) is 105 cm³/mol. The van der Waals surface area contributed by atoms with Crippen LogP contribution in [0.15, 0.2) is 47.1 Å². The lowest BCUT2D eigenvalue weighted by atomic mass is 9.97. The Morgan fingerprint density at radius 3 is 2.74 bits per heavy atom. The van der Waals surface area contributed by atoms with E-state index in [0.29, 0.717) is 19.1 Å². The van der Waals surface area contributed by atoms with Crippen molar-refractivity contribution in [3.05, 3.63) is 59.9 Å². The van der Waals surface area contributed by atoms with E-state index in [9.17, 15) is 18.0 Å². The summed E-state index contributed by atoms with van der Waals surface area (Å²) in [4.78, 5) is 14.8. The van der Waals surface area contributed by atoms with Crippen LogP contribution in [0.1, 0.15) is 59.6 Å². The molecule has 162 valence electrons. The van der Waals surface area contributed by atoms with Crippen molar-refractivity contribution in [2.24, 2.45) is 0 Å². The van der Waals surface area contributed by atoms with Gasteiger partial charge in [0.15, 0.2) is 5.76 Å². The van der Waals surface area contributed by atoms with Crippen LogP contribution in [0.4, 0.5) is 13.2 Å². The molecule has 1 amide bonds. The molecule has 9 heteroatoms. The van der Waals surface area contributed by atoms with Gasteiger partial charge in [-0.3, -0.25) is 4.79 Å². The molecular formula is C22H21F3N4O2. The van der Waals surface area contributed by atoms with Gasteiger partial charge < -0.3 is 13.9 Å². The minimum absolute atomic E-state index is 0.110. The molecule has 1 aliphatic heterocycles. The number of furan rings is 1. The van der Waals surface area contributed by atoms with Crippen molar-refractivity contribution in [2.75, 3.05) is 13.1 Å². The number of likely N-dealkylation sites (tertiary alicyclic amines) is 1. The first-order chi connectivity index (χ1) is 14.9. The Labute approximate surface area is 176 Å². The van der Waals surface area contributed by atoms with E-state index in [2.05, 4.69) is 14.8 Å². The van der Waals surface area contributed by atoms with Crippen LogP contribution in [0.2, 0.25) is 0 Å². The minimum atomic E-state index is -4.44. The average Bonchev–Trinajstić information content (AvgIpc) is 3.29. The molecule has 3 aromatic rings. The molecule has 6 nitrogen and oxygen atoms in total. The third-order valence-electron chi connectivity index (χ3n) is 5.91. The number of carbonyl (C=O) groups is 1. The fourth-order valence-electron chi connectivity index (χ4n) is 4.16. The third-order valence-corrected chi connectivity index (χ3v) is 5.91. The second-order valence-electron chi connectivity index (χ2n) is 8.16. The molecule has 1 saturated carbocycles. The van der Waals surface area contributed by atoms with Crippen LogP contribution in [0, 0.1) is 0 Å². The molecule has 31 heavy (non-hydrogen) atoms. The van der Waals surface area contributed by atoms with Gasteiger partial charge >= 0.3 is 6.18 Å². The van der Waals surface area contributed by atoms with Crippen molar-refractivity contribution in [2.45, 2.75) is 43.8 Å². The molecule has 2 aliphatic rings. The van der Waals surface area contributed by atoms with Gasteiger partial charge in [-0.1, -0.05) is 12.1 Å². The van der Waals surface area contributed by atoms with Gasteiger partial charge in [-0.05, 0) is 49.9 Å². The number of rotatable bonds is 4. The van der Waals surface area contributed by atoms with E-state index in [-0.39, 0.29) is 28.9 Å². The van der Waals surface area contributed by atoms with E-state index >= 15 is 0 Å². The second-order valence-corrected chi connectivity index (χ2v) is 8.16. The highest BCUT2D eigenvalue weighted by atomic mass is 19.4. The first kappa shape index (κ1) is 19.8. The second kappa shape index (κ2) is 7.55. The standard InChI is InChI=1S/C22H21F3N4O2/c23-22(24,25)16-5-1-3-14(11-16)18-8-9-19(31-18)21(30)28-10-2-4-15(12-28)20-27-26-13-29(20)17-6-7-17/h1,3,5,8-9,11,13,15,17H,2,4,6-7,10,12H2. The highest BCUT2D eigenvalue weighted by Crippen LogP contribution is 2.38. The van der Waals surface area contributed by atoms with E-state index in [1.807, 2.05) is 0 Å². The maximum atomic E-state index is 13.0. The molecule has 2 aromatic heterocycles. The van der Waals surface area contributed by atoms with Gasteiger partial charge in [0.1, 0.15) is 17.9 Å².